The Morgan fingerprint density at radius 1 is 1.05 bits per heavy atom. The minimum Gasteiger partial charge on any atom is -0.497 e. The largest absolute Gasteiger partial charge is 0.497 e. The van der Waals surface area contributed by atoms with E-state index in [4.69, 9.17) is 4.74 Å². The number of halogens is 2. The number of thiazole rings is 1. The molecule has 10 heteroatoms. The lowest BCUT2D eigenvalue weighted by atomic mass is 10.2. The van der Waals surface area contributed by atoms with Gasteiger partial charge in [0.1, 0.15) is 22.2 Å². The van der Waals surface area contributed by atoms with E-state index >= 15 is 0 Å². The highest BCUT2D eigenvalue weighted by atomic mass is 32.1. The molecule has 0 aliphatic heterocycles. The third-order valence-electron chi connectivity index (χ3n) is 5.12. The molecule has 0 unspecified atom stereocenters. The van der Waals surface area contributed by atoms with Crippen LogP contribution >= 0.6 is 11.3 Å². The van der Waals surface area contributed by atoms with Crippen LogP contribution < -0.4 is 29.5 Å². The van der Waals surface area contributed by atoms with Crippen LogP contribution in [-0.2, 0) is 4.79 Å². The maximum atomic E-state index is 13.4. The van der Waals surface area contributed by atoms with Gasteiger partial charge in [0.05, 0.1) is 17.3 Å². The molecule has 0 aliphatic rings. The van der Waals surface area contributed by atoms with Gasteiger partial charge in [0.15, 0.2) is 5.57 Å². The number of carbonyl (C=O) groups is 1. The Morgan fingerprint density at radius 3 is 2.43 bits per heavy atom. The molecule has 0 aliphatic carbocycles. The van der Waals surface area contributed by atoms with Crippen molar-refractivity contribution in [3.05, 3.63) is 104 Å². The fourth-order valence-corrected chi connectivity index (χ4v) is 4.55. The molecule has 1 N–H and O–H groups in total. The number of nitrogens with one attached hydrogen (secondary N) is 1. The van der Waals surface area contributed by atoms with Crippen molar-refractivity contribution in [3.8, 4) is 23.3 Å². The third kappa shape index (κ3) is 5.91. The topological polar surface area (TPSA) is 93.3 Å². The molecule has 0 spiro atoms. The summed E-state index contributed by atoms with van der Waals surface area (Å²) in [6.45, 7) is -2.95. The second kappa shape index (κ2) is 11.3. The zero-order chi connectivity index (χ0) is 26.4. The number of nitriles is 1. The number of anilines is 1. The number of ether oxygens (including phenoxy) is 2. The number of para-hydroxylation sites is 1. The summed E-state index contributed by atoms with van der Waals surface area (Å²) < 4.78 is 36.1. The molecular formula is C27H19F2N3O4S. The van der Waals surface area contributed by atoms with Gasteiger partial charge in [-0.2, -0.15) is 14.0 Å². The number of methoxy groups -OCH3 is 1. The van der Waals surface area contributed by atoms with Crippen LogP contribution in [0.5, 0.6) is 11.5 Å². The van der Waals surface area contributed by atoms with Gasteiger partial charge in [0.2, 0.25) is 0 Å². The SMILES string of the molecule is COc1cccc(NC(=O)/C(C#N)=c2/s/c(=C\c3ccc(OC(F)F)cc3)c(=O)n2-c2ccccc2)c1. The summed E-state index contributed by atoms with van der Waals surface area (Å²) in [5, 5.41) is 12.6. The summed E-state index contributed by atoms with van der Waals surface area (Å²) in [5.41, 5.74) is 0.738. The average Bonchev–Trinajstić information content (AvgIpc) is 3.21. The standard InChI is InChI=1S/C27H19F2N3O4S/c1-35-21-9-5-6-18(15-21)31-24(33)22(16-30)26-32(19-7-3-2-4-8-19)25(34)23(37-26)14-17-10-12-20(13-11-17)36-27(28)29/h2-15,27H,1H3,(H,31,33)/b23-14-,26-22+. The van der Waals surface area contributed by atoms with Crippen LogP contribution in [-0.4, -0.2) is 24.2 Å². The second-order valence-corrected chi connectivity index (χ2v) is 8.54. The van der Waals surface area contributed by atoms with E-state index < -0.39 is 18.1 Å². The number of carbonyl (C=O) groups excluding carboxylic acids is 1. The van der Waals surface area contributed by atoms with Crippen LogP contribution in [0.15, 0.2) is 83.7 Å². The van der Waals surface area contributed by atoms with Crippen molar-refractivity contribution in [2.75, 3.05) is 12.4 Å². The Labute approximate surface area is 213 Å². The fraction of sp³-hybridized carbons (Fsp3) is 0.0741. The summed E-state index contributed by atoms with van der Waals surface area (Å²) in [6, 6.07) is 23.0. The lowest BCUT2D eigenvalue weighted by molar-refractivity contribution is -0.111. The van der Waals surface area contributed by atoms with E-state index in [0.717, 1.165) is 11.3 Å². The highest BCUT2D eigenvalue weighted by Crippen LogP contribution is 2.18. The van der Waals surface area contributed by atoms with Gasteiger partial charge in [-0.25, -0.2) is 0 Å². The molecule has 0 radical (unpaired) electrons. The zero-order valence-corrected chi connectivity index (χ0v) is 20.2. The number of aromatic nitrogens is 1. The minimum absolute atomic E-state index is 0.0185. The van der Waals surface area contributed by atoms with Crippen molar-refractivity contribution in [1.82, 2.24) is 4.57 Å². The molecule has 4 rings (SSSR count). The van der Waals surface area contributed by atoms with Crippen LogP contribution in [0.3, 0.4) is 0 Å². The Bertz CT molecular complexity index is 1640. The van der Waals surface area contributed by atoms with Crippen LogP contribution in [0.1, 0.15) is 5.56 Å². The van der Waals surface area contributed by atoms with Crippen LogP contribution in [0.25, 0.3) is 17.3 Å². The molecule has 0 bridgehead atoms. The predicted octanol–water partition coefficient (Wildman–Crippen LogP) is 3.65. The molecule has 3 aromatic carbocycles. The first-order valence-corrected chi connectivity index (χ1v) is 11.6. The van der Waals surface area contributed by atoms with Crippen molar-refractivity contribution >= 4 is 34.6 Å². The second-order valence-electron chi connectivity index (χ2n) is 7.51. The maximum Gasteiger partial charge on any atom is 0.387 e. The lowest BCUT2D eigenvalue weighted by Crippen LogP contribution is -2.32. The summed E-state index contributed by atoms with van der Waals surface area (Å²) in [6.07, 6.45) is 1.55. The van der Waals surface area contributed by atoms with E-state index in [1.165, 1.54) is 35.9 Å². The van der Waals surface area contributed by atoms with Gasteiger partial charge >= 0.3 is 6.61 Å². The van der Waals surface area contributed by atoms with Crippen molar-refractivity contribution in [1.29, 1.82) is 5.26 Å². The number of nitrogens with zero attached hydrogens (tertiary/aromatic N) is 2. The first-order valence-electron chi connectivity index (χ1n) is 10.8. The van der Waals surface area contributed by atoms with Crippen LogP contribution in [0.4, 0.5) is 14.5 Å². The Balaban J connectivity index is 1.86. The van der Waals surface area contributed by atoms with Gasteiger partial charge in [-0.05, 0) is 48.0 Å². The van der Waals surface area contributed by atoms with E-state index in [1.54, 1.807) is 60.7 Å². The molecule has 0 atom stereocenters. The highest BCUT2D eigenvalue weighted by molar-refractivity contribution is 7.07. The van der Waals surface area contributed by atoms with Gasteiger partial charge in [-0.15, -0.1) is 11.3 Å². The van der Waals surface area contributed by atoms with Crippen molar-refractivity contribution in [2.24, 2.45) is 0 Å². The number of benzene rings is 3. The Morgan fingerprint density at radius 2 is 1.78 bits per heavy atom. The first-order chi connectivity index (χ1) is 17.9. The first kappa shape index (κ1) is 25.3. The van der Waals surface area contributed by atoms with Crippen LogP contribution in [0, 0.1) is 11.3 Å². The van der Waals surface area contributed by atoms with Crippen molar-refractivity contribution in [3.63, 3.8) is 0 Å². The molecule has 1 amide bonds. The normalized spacial score (nSPS) is 12.1. The van der Waals surface area contributed by atoms with E-state index in [-0.39, 0.29) is 20.5 Å². The molecule has 0 saturated heterocycles. The molecular weight excluding hydrogens is 500 g/mol. The van der Waals surface area contributed by atoms with Crippen molar-refractivity contribution < 1.29 is 23.0 Å². The quantitative estimate of drug-likeness (QED) is 0.402. The smallest absolute Gasteiger partial charge is 0.387 e. The van der Waals surface area contributed by atoms with Gasteiger partial charge < -0.3 is 14.8 Å². The van der Waals surface area contributed by atoms with E-state index in [9.17, 15) is 23.6 Å². The third-order valence-corrected chi connectivity index (χ3v) is 6.21. The number of amides is 1. The maximum absolute atomic E-state index is 13.4. The summed E-state index contributed by atoms with van der Waals surface area (Å²) in [4.78, 5) is 26.6. The molecule has 37 heavy (non-hydrogen) atoms. The molecule has 1 aromatic heterocycles. The number of hydrogen-bond acceptors (Lipinski definition) is 6. The van der Waals surface area contributed by atoms with Gasteiger partial charge in [0.25, 0.3) is 11.5 Å². The zero-order valence-electron chi connectivity index (χ0n) is 19.4. The number of hydrogen-bond donors (Lipinski definition) is 1. The number of alkyl halides is 2. The summed E-state index contributed by atoms with van der Waals surface area (Å²) in [5.74, 6) is -0.188. The van der Waals surface area contributed by atoms with Gasteiger partial charge in [-0.1, -0.05) is 36.4 Å². The predicted molar refractivity (Wildman–Crippen MR) is 136 cm³/mol. The molecule has 186 valence electrons. The fourth-order valence-electron chi connectivity index (χ4n) is 3.45. The molecule has 0 fully saturated rings. The summed E-state index contributed by atoms with van der Waals surface area (Å²) in [7, 11) is 1.50. The Hall–Kier alpha value is -4.75. The molecule has 0 saturated carbocycles. The highest BCUT2D eigenvalue weighted by Gasteiger charge is 2.17. The summed E-state index contributed by atoms with van der Waals surface area (Å²) >= 11 is 0.968. The monoisotopic (exact) mass is 519 g/mol. The molecule has 1 heterocycles. The minimum atomic E-state index is -2.95. The Kier molecular flexibility index (Phi) is 7.76. The van der Waals surface area contributed by atoms with Gasteiger partial charge in [-0.3, -0.25) is 14.2 Å². The average molecular weight is 520 g/mol. The van der Waals surface area contributed by atoms with E-state index in [0.29, 0.717) is 22.7 Å². The molecule has 4 aromatic rings. The van der Waals surface area contributed by atoms with E-state index in [1.807, 2.05) is 6.07 Å². The van der Waals surface area contributed by atoms with Crippen LogP contribution in [0.2, 0.25) is 0 Å². The lowest BCUT2D eigenvalue weighted by Gasteiger charge is -2.07. The molecule has 7 nitrogen and oxygen atoms in total. The van der Waals surface area contributed by atoms with Gasteiger partial charge in [0, 0.05) is 11.8 Å². The number of rotatable bonds is 7. The van der Waals surface area contributed by atoms with E-state index in [2.05, 4.69) is 10.1 Å². The van der Waals surface area contributed by atoms with Crippen molar-refractivity contribution in [2.45, 2.75) is 6.61 Å².